The van der Waals surface area contributed by atoms with Crippen LogP contribution in [0.1, 0.15) is 24.4 Å². The number of hydrogen-bond donors (Lipinski definition) is 2. The number of nitrogens with zero attached hydrogens (tertiary/aromatic N) is 3. The van der Waals surface area contributed by atoms with Gasteiger partial charge in [0, 0.05) is 23.6 Å². The average molecular weight is 652 g/mol. The fourth-order valence-corrected chi connectivity index (χ4v) is 5.90. The molecule has 0 aliphatic carbocycles. The number of ether oxygens (including phenoxy) is 3. The third-order valence-electron chi connectivity index (χ3n) is 5.99. The first-order valence-electron chi connectivity index (χ1n) is 12.5. The minimum Gasteiger partial charge on any atom is -0.497 e. The molecule has 1 fully saturated rings. The molecule has 1 unspecified atom stereocenters. The number of benzene rings is 1. The lowest BCUT2D eigenvalue weighted by atomic mass is 10.0. The maximum atomic E-state index is 13.2. The van der Waals surface area contributed by atoms with Gasteiger partial charge in [0.2, 0.25) is 12.1 Å². The van der Waals surface area contributed by atoms with Crippen LogP contribution >= 0.6 is 34.7 Å². The van der Waals surface area contributed by atoms with Gasteiger partial charge in [-0.05, 0) is 17.7 Å². The van der Waals surface area contributed by atoms with Crippen LogP contribution in [0.2, 0.25) is 0 Å². The van der Waals surface area contributed by atoms with Gasteiger partial charge in [0.05, 0.1) is 12.6 Å². The van der Waals surface area contributed by atoms with E-state index >= 15 is 0 Å². The summed E-state index contributed by atoms with van der Waals surface area (Å²) < 4.78 is 15.7. The molecule has 3 atom stereocenters. The van der Waals surface area contributed by atoms with Gasteiger partial charge < -0.3 is 29.7 Å². The molecular formula is C26H26ClN5O9S2. The molecule has 43 heavy (non-hydrogen) atoms. The summed E-state index contributed by atoms with van der Waals surface area (Å²) in [6, 6.07) is 5.93. The van der Waals surface area contributed by atoms with E-state index in [1.807, 2.05) is 0 Å². The number of β-lactam (4-membered cyclic amide) rings is 1. The molecule has 17 heteroatoms. The Labute approximate surface area is 258 Å². The zero-order chi connectivity index (χ0) is 30.9. The topological polar surface area (TPSA) is 175 Å². The molecule has 3 amide bonds. The number of methoxy groups -OCH3 is 1. The fourth-order valence-electron chi connectivity index (χ4n) is 3.93. The SMILES string of the molecule is COc1ccc(COC(=O)C2=C(COC(C)=O)CS[C@H]3[C@H](NC(=O)C=NOC(NC(=O)CCl)c4cscn4)C(=O)N23)cc1. The average Bonchev–Trinajstić information content (AvgIpc) is 3.55. The Hall–Kier alpha value is -4.15. The van der Waals surface area contributed by atoms with Gasteiger partial charge in [-0.1, -0.05) is 17.3 Å². The normalized spacial score (nSPS) is 18.3. The minimum absolute atomic E-state index is 0.0350. The van der Waals surface area contributed by atoms with E-state index < -0.39 is 47.3 Å². The maximum Gasteiger partial charge on any atom is 0.355 e. The van der Waals surface area contributed by atoms with Crippen molar-refractivity contribution in [2.24, 2.45) is 5.16 Å². The van der Waals surface area contributed by atoms with Crippen molar-refractivity contribution < 1.29 is 43.0 Å². The van der Waals surface area contributed by atoms with E-state index in [4.69, 9.17) is 30.6 Å². The Morgan fingerprint density at radius 1 is 1.21 bits per heavy atom. The van der Waals surface area contributed by atoms with Crippen molar-refractivity contribution >= 4 is 70.6 Å². The number of halogens is 1. The first-order valence-corrected chi connectivity index (χ1v) is 15.1. The highest BCUT2D eigenvalue weighted by Crippen LogP contribution is 2.40. The maximum absolute atomic E-state index is 13.2. The summed E-state index contributed by atoms with van der Waals surface area (Å²) >= 11 is 8.08. The third kappa shape index (κ3) is 8.03. The highest BCUT2D eigenvalue weighted by molar-refractivity contribution is 8.00. The molecule has 0 saturated carbocycles. The second-order valence-electron chi connectivity index (χ2n) is 8.89. The van der Waals surface area contributed by atoms with Gasteiger partial charge >= 0.3 is 11.9 Å². The Bertz CT molecular complexity index is 1420. The molecule has 0 radical (unpaired) electrons. The predicted molar refractivity (Wildman–Crippen MR) is 155 cm³/mol. The Balaban J connectivity index is 1.40. The number of esters is 2. The van der Waals surface area contributed by atoms with Gasteiger partial charge in [-0.2, -0.15) is 0 Å². The summed E-state index contributed by atoms with van der Waals surface area (Å²) in [7, 11) is 1.54. The first kappa shape index (κ1) is 31.8. The summed E-state index contributed by atoms with van der Waals surface area (Å²) in [6.07, 6.45) is -0.273. The molecule has 2 aromatic rings. The lowest BCUT2D eigenvalue weighted by molar-refractivity contribution is -0.153. The quantitative estimate of drug-likeness (QED) is 0.0801. The summed E-state index contributed by atoms with van der Waals surface area (Å²) in [4.78, 5) is 72.5. The van der Waals surface area contributed by atoms with Crippen LogP contribution in [0.15, 0.2) is 51.6 Å². The molecule has 0 spiro atoms. The highest BCUT2D eigenvalue weighted by atomic mass is 35.5. The predicted octanol–water partition coefficient (Wildman–Crippen LogP) is 1.47. The van der Waals surface area contributed by atoms with E-state index in [1.165, 1.54) is 47.5 Å². The molecule has 1 aromatic carbocycles. The number of carbonyl (C=O) groups is 5. The first-order chi connectivity index (χ1) is 20.7. The highest BCUT2D eigenvalue weighted by Gasteiger charge is 2.54. The Morgan fingerprint density at radius 2 is 1.98 bits per heavy atom. The monoisotopic (exact) mass is 651 g/mol. The molecule has 3 heterocycles. The number of oxime groups is 1. The van der Waals surface area contributed by atoms with Crippen molar-refractivity contribution in [3.8, 4) is 5.75 Å². The standard InChI is InChI=1S/C26H26ClN5O9S2/c1-14(33)39-10-16-11-43-25-21(30-20(35)8-29-41-23(31-19(34)7-27)18-12-42-13-28-18)24(36)32(25)22(16)26(37)40-9-15-3-5-17(38-2)6-4-15/h3-6,8,12-13,21,23,25H,7,9-11H2,1-2H3,(H,30,35)(H,31,34)/t21-,23?,25+/m1/s1. The number of amides is 3. The number of carbonyl (C=O) groups excluding carboxylic acids is 5. The van der Waals surface area contributed by atoms with Crippen LogP contribution in [0.25, 0.3) is 0 Å². The molecule has 4 rings (SSSR count). The van der Waals surface area contributed by atoms with Gasteiger partial charge in [-0.15, -0.1) is 34.7 Å². The number of fused-ring (bicyclic) bond motifs is 1. The lowest BCUT2D eigenvalue weighted by Crippen LogP contribution is -2.70. The number of thiazole rings is 1. The van der Waals surface area contributed by atoms with Crippen LogP contribution in [0.3, 0.4) is 0 Å². The third-order valence-corrected chi connectivity index (χ3v) is 8.17. The zero-order valence-electron chi connectivity index (χ0n) is 22.8. The van der Waals surface area contributed by atoms with Crippen LogP contribution in [-0.2, 0) is 44.9 Å². The molecule has 2 N–H and O–H groups in total. The van der Waals surface area contributed by atoms with Crippen molar-refractivity contribution in [2.45, 2.75) is 31.2 Å². The van der Waals surface area contributed by atoms with Gasteiger partial charge in [0.25, 0.3) is 11.8 Å². The van der Waals surface area contributed by atoms with E-state index in [9.17, 15) is 24.0 Å². The van der Waals surface area contributed by atoms with Crippen molar-refractivity contribution in [3.63, 3.8) is 0 Å². The van der Waals surface area contributed by atoms with Crippen molar-refractivity contribution in [3.05, 3.63) is 57.7 Å². The van der Waals surface area contributed by atoms with Crippen LogP contribution < -0.4 is 15.4 Å². The summed E-state index contributed by atoms with van der Waals surface area (Å²) in [5.41, 5.74) is 2.94. The fraction of sp³-hybridized carbons (Fsp3) is 0.346. The molecule has 1 saturated heterocycles. The number of thioether (sulfide) groups is 1. The second-order valence-corrected chi connectivity index (χ2v) is 11.0. The van der Waals surface area contributed by atoms with Gasteiger partial charge in [-0.3, -0.25) is 24.1 Å². The molecule has 228 valence electrons. The van der Waals surface area contributed by atoms with E-state index in [0.29, 0.717) is 22.6 Å². The molecule has 2 aliphatic rings. The second kappa shape index (κ2) is 14.8. The zero-order valence-corrected chi connectivity index (χ0v) is 25.2. The van der Waals surface area contributed by atoms with Crippen LogP contribution in [-0.4, -0.2) is 82.5 Å². The molecule has 1 aromatic heterocycles. The largest absolute Gasteiger partial charge is 0.497 e. The summed E-state index contributed by atoms with van der Waals surface area (Å²) in [5, 5.41) is 9.63. The van der Waals surface area contributed by atoms with Crippen LogP contribution in [0, 0.1) is 0 Å². The van der Waals surface area contributed by atoms with Gasteiger partial charge in [0.1, 0.15) is 53.9 Å². The number of hydrogen-bond acceptors (Lipinski definition) is 13. The smallest absolute Gasteiger partial charge is 0.355 e. The molecule has 2 aliphatic heterocycles. The Morgan fingerprint density at radius 3 is 2.63 bits per heavy atom. The number of rotatable bonds is 13. The van der Waals surface area contributed by atoms with E-state index in [2.05, 4.69) is 20.8 Å². The van der Waals surface area contributed by atoms with Crippen LogP contribution in [0.5, 0.6) is 5.75 Å². The number of alkyl halides is 1. The summed E-state index contributed by atoms with van der Waals surface area (Å²) in [6.45, 7) is 0.960. The van der Waals surface area contributed by atoms with Gasteiger partial charge in [-0.25, -0.2) is 9.78 Å². The van der Waals surface area contributed by atoms with E-state index in [-0.39, 0.29) is 30.5 Å². The van der Waals surface area contributed by atoms with Crippen molar-refractivity contribution in [2.75, 3.05) is 25.3 Å². The van der Waals surface area contributed by atoms with Crippen molar-refractivity contribution in [1.82, 2.24) is 20.5 Å². The van der Waals surface area contributed by atoms with Gasteiger partial charge in [0.15, 0.2) is 0 Å². The number of nitrogens with one attached hydrogen (secondary N) is 2. The van der Waals surface area contributed by atoms with Crippen LogP contribution in [0.4, 0.5) is 0 Å². The Kier molecular flexibility index (Phi) is 11.0. The molecular weight excluding hydrogens is 626 g/mol. The summed E-state index contributed by atoms with van der Waals surface area (Å²) in [5.74, 6) is -2.61. The van der Waals surface area contributed by atoms with Crippen molar-refractivity contribution in [1.29, 1.82) is 0 Å². The van der Waals surface area contributed by atoms with E-state index in [0.717, 1.165) is 6.21 Å². The minimum atomic E-state index is -1.08. The number of aromatic nitrogens is 1. The molecule has 0 bridgehead atoms. The molecule has 14 nitrogen and oxygen atoms in total. The lowest BCUT2D eigenvalue weighted by Gasteiger charge is -2.49. The van der Waals surface area contributed by atoms with E-state index in [1.54, 1.807) is 29.6 Å².